The lowest BCUT2D eigenvalue weighted by molar-refractivity contribution is 0.601. The zero-order valence-corrected chi connectivity index (χ0v) is 12.8. The number of nitrogens with zero attached hydrogens (tertiary/aromatic N) is 1. The van der Waals surface area contributed by atoms with Crippen LogP contribution in [0.1, 0.15) is 5.56 Å². The van der Waals surface area contributed by atoms with Crippen LogP contribution in [0.25, 0.3) is 0 Å². The number of halogens is 2. The molecular formula is C13H9Cl2N3O2S. The highest BCUT2D eigenvalue weighted by molar-refractivity contribution is 7.93. The summed E-state index contributed by atoms with van der Waals surface area (Å²) >= 11 is 11.8. The molecule has 2 aromatic carbocycles. The van der Waals surface area contributed by atoms with Gasteiger partial charge in [0.15, 0.2) is 0 Å². The fraction of sp³-hybridized carbons (Fsp3) is 0. The molecule has 0 spiro atoms. The van der Waals surface area contributed by atoms with Crippen LogP contribution in [-0.2, 0) is 10.0 Å². The van der Waals surface area contributed by atoms with E-state index in [0.29, 0.717) is 5.56 Å². The van der Waals surface area contributed by atoms with E-state index in [1.54, 1.807) is 0 Å². The summed E-state index contributed by atoms with van der Waals surface area (Å²) in [6.45, 7) is 0. The van der Waals surface area contributed by atoms with Gasteiger partial charge in [0.25, 0.3) is 10.0 Å². The maximum atomic E-state index is 12.3. The van der Waals surface area contributed by atoms with Crippen LogP contribution in [0.3, 0.4) is 0 Å². The average Bonchev–Trinajstić information content (AvgIpc) is 2.37. The van der Waals surface area contributed by atoms with Crippen molar-refractivity contribution in [1.82, 2.24) is 0 Å². The van der Waals surface area contributed by atoms with Crippen molar-refractivity contribution in [3.05, 3.63) is 52.0 Å². The Morgan fingerprint density at radius 1 is 1.10 bits per heavy atom. The van der Waals surface area contributed by atoms with Gasteiger partial charge < -0.3 is 5.73 Å². The molecule has 0 heterocycles. The first-order valence-electron chi connectivity index (χ1n) is 5.61. The van der Waals surface area contributed by atoms with Crippen molar-refractivity contribution in [2.45, 2.75) is 4.90 Å². The Morgan fingerprint density at radius 3 is 2.10 bits per heavy atom. The molecule has 0 atom stereocenters. The zero-order chi connectivity index (χ0) is 15.6. The van der Waals surface area contributed by atoms with E-state index >= 15 is 0 Å². The minimum atomic E-state index is -3.96. The Bertz CT molecular complexity index is 804. The number of nitrogens with two attached hydrogens (primary N) is 1. The van der Waals surface area contributed by atoms with Crippen LogP contribution >= 0.6 is 23.2 Å². The van der Waals surface area contributed by atoms with Gasteiger partial charge >= 0.3 is 0 Å². The summed E-state index contributed by atoms with van der Waals surface area (Å²) in [7, 11) is -3.96. The van der Waals surface area contributed by atoms with Gasteiger partial charge in [-0.2, -0.15) is 5.26 Å². The van der Waals surface area contributed by atoms with Crippen LogP contribution in [0.5, 0.6) is 0 Å². The molecule has 0 saturated heterocycles. The molecule has 0 aliphatic carbocycles. The van der Waals surface area contributed by atoms with Crippen molar-refractivity contribution >= 4 is 44.6 Å². The first-order valence-corrected chi connectivity index (χ1v) is 7.85. The van der Waals surface area contributed by atoms with Gasteiger partial charge in [-0.1, -0.05) is 23.2 Å². The van der Waals surface area contributed by atoms with Crippen LogP contribution < -0.4 is 10.5 Å². The summed E-state index contributed by atoms with van der Waals surface area (Å²) in [6.07, 6.45) is 0. The van der Waals surface area contributed by atoms with Crippen molar-refractivity contribution in [3.63, 3.8) is 0 Å². The molecule has 2 aromatic rings. The van der Waals surface area contributed by atoms with E-state index in [2.05, 4.69) is 4.72 Å². The average molecular weight is 342 g/mol. The van der Waals surface area contributed by atoms with Gasteiger partial charge in [-0.05, 0) is 36.4 Å². The van der Waals surface area contributed by atoms with Crippen molar-refractivity contribution in [2.75, 3.05) is 10.5 Å². The third-order valence-electron chi connectivity index (χ3n) is 2.56. The smallest absolute Gasteiger partial charge is 0.264 e. The summed E-state index contributed by atoms with van der Waals surface area (Å²) in [5.41, 5.74) is 6.52. The third-order valence-corrected chi connectivity index (χ3v) is 4.86. The SMILES string of the molecule is N#Cc1ccc(NS(=O)(=O)c2c(Cl)cc(N)cc2Cl)cc1. The number of hydrogen-bond acceptors (Lipinski definition) is 4. The van der Waals surface area contributed by atoms with Gasteiger partial charge in [0.05, 0.1) is 21.7 Å². The molecule has 0 radical (unpaired) electrons. The number of anilines is 2. The van der Waals surface area contributed by atoms with E-state index in [0.717, 1.165) is 0 Å². The molecule has 0 fully saturated rings. The highest BCUT2D eigenvalue weighted by Gasteiger charge is 2.22. The summed E-state index contributed by atoms with van der Waals surface area (Å²) in [5, 5.41) is 8.57. The summed E-state index contributed by atoms with van der Waals surface area (Å²) in [5.74, 6) is 0. The number of rotatable bonds is 3. The Balaban J connectivity index is 2.41. The van der Waals surface area contributed by atoms with Crippen molar-refractivity contribution in [3.8, 4) is 6.07 Å². The summed E-state index contributed by atoms with van der Waals surface area (Å²) in [4.78, 5) is -0.246. The van der Waals surface area contributed by atoms with Gasteiger partial charge in [0, 0.05) is 11.4 Å². The maximum absolute atomic E-state index is 12.3. The van der Waals surface area contributed by atoms with E-state index in [9.17, 15) is 8.42 Å². The lowest BCUT2D eigenvalue weighted by Gasteiger charge is -2.11. The normalized spacial score (nSPS) is 10.9. The fourth-order valence-electron chi connectivity index (χ4n) is 1.66. The molecule has 108 valence electrons. The van der Waals surface area contributed by atoms with E-state index < -0.39 is 10.0 Å². The molecular weight excluding hydrogens is 333 g/mol. The maximum Gasteiger partial charge on any atom is 0.264 e. The Kier molecular flexibility index (Phi) is 4.28. The van der Waals surface area contributed by atoms with Gasteiger partial charge in [-0.15, -0.1) is 0 Å². The summed E-state index contributed by atoms with van der Waals surface area (Å²) < 4.78 is 27.0. The Morgan fingerprint density at radius 2 is 1.62 bits per heavy atom. The molecule has 8 heteroatoms. The number of hydrogen-bond donors (Lipinski definition) is 2. The number of sulfonamides is 1. The van der Waals surface area contributed by atoms with Crippen molar-refractivity contribution < 1.29 is 8.42 Å². The molecule has 0 aliphatic heterocycles. The lowest BCUT2D eigenvalue weighted by Crippen LogP contribution is -2.14. The number of benzene rings is 2. The second kappa shape index (κ2) is 5.82. The summed E-state index contributed by atoms with van der Waals surface area (Å²) in [6, 6.07) is 10.5. The molecule has 0 saturated carbocycles. The van der Waals surface area contributed by atoms with Crippen LogP contribution in [0, 0.1) is 11.3 Å². The topological polar surface area (TPSA) is 96.0 Å². The van der Waals surface area contributed by atoms with Gasteiger partial charge in [0.1, 0.15) is 4.90 Å². The molecule has 0 unspecified atom stereocenters. The fourth-order valence-corrected chi connectivity index (χ4v) is 3.95. The zero-order valence-electron chi connectivity index (χ0n) is 10.5. The third kappa shape index (κ3) is 3.39. The van der Waals surface area contributed by atoms with Gasteiger partial charge in [-0.3, -0.25) is 4.72 Å². The van der Waals surface area contributed by atoms with Crippen LogP contribution in [0.4, 0.5) is 11.4 Å². The second-order valence-electron chi connectivity index (χ2n) is 4.11. The molecule has 0 bridgehead atoms. The molecule has 3 N–H and O–H groups in total. The largest absolute Gasteiger partial charge is 0.399 e. The molecule has 0 amide bonds. The Hall–Kier alpha value is -1.94. The quantitative estimate of drug-likeness (QED) is 0.837. The van der Waals surface area contributed by atoms with E-state index in [-0.39, 0.29) is 26.3 Å². The molecule has 21 heavy (non-hydrogen) atoms. The molecule has 5 nitrogen and oxygen atoms in total. The monoisotopic (exact) mass is 341 g/mol. The standard InChI is InChI=1S/C13H9Cl2N3O2S/c14-11-5-9(17)6-12(15)13(11)21(19,20)18-10-3-1-8(7-16)2-4-10/h1-6,18H,17H2. The predicted octanol–water partition coefficient (Wildman–Crippen LogP) is 3.25. The number of nitriles is 1. The molecule has 2 rings (SSSR count). The second-order valence-corrected chi connectivity index (χ2v) is 6.54. The van der Waals surface area contributed by atoms with Crippen molar-refractivity contribution in [2.24, 2.45) is 0 Å². The number of nitrogens with one attached hydrogen (secondary N) is 1. The van der Waals surface area contributed by atoms with Gasteiger partial charge in [0.2, 0.25) is 0 Å². The highest BCUT2D eigenvalue weighted by atomic mass is 35.5. The molecule has 0 aliphatic rings. The van der Waals surface area contributed by atoms with E-state index in [4.69, 9.17) is 34.2 Å². The number of nitrogen functional groups attached to an aromatic ring is 1. The predicted molar refractivity (Wildman–Crippen MR) is 82.8 cm³/mol. The van der Waals surface area contributed by atoms with Crippen LogP contribution in [-0.4, -0.2) is 8.42 Å². The van der Waals surface area contributed by atoms with Crippen LogP contribution in [0.15, 0.2) is 41.3 Å². The highest BCUT2D eigenvalue weighted by Crippen LogP contribution is 2.33. The van der Waals surface area contributed by atoms with E-state index in [1.165, 1.54) is 36.4 Å². The van der Waals surface area contributed by atoms with Gasteiger partial charge in [-0.25, -0.2) is 8.42 Å². The van der Waals surface area contributed by atoms with E-state index in [1.807, 2.05) is 6.07 Å². The first kappa shape index (κ1) is 15.4. The first-order chi connectivity index (χ1) is 9.83. The minimum Gasteiger partial charge on any atom is -0.399 e. The van der Waals surface area contributed by atoms with Crippen molar-refractivity contribution in [1.29, 1.82) is 5.26 Å². The molecule has 0 aromatic heterocycles. The Labute approximate surface area is 132 Å². The lowest BCUT2D eigenvalue weighted by atomic mass is 10.2. The van der Waals surface area contributed by atoms with Crippen LogP contribution in [0.2, 0.25) is 10.0 Å². The minimum absolute atomic E-state index is 0.0684.